The molecule has 1 aliphatic rings. The van der Waals surface area contributed by atoms with Crippen molar-refractivity contribution in [2.75, 3.05) is 0 Å². The van der Waals surface area contributed by atoms with E-state index in [0.717, 1.165) is 36.3 Å². The van der Waals surface area contributed by atoms with Crippen molar-refractivity contribution >= 4 is 5.91 Å². The second kappa shape index (κ2) is 7.65. The number of carbonyl (C=O) groups excluding carboxylic acids is 1. The average Bonchev–Trinajstić information content (AvgIpc) is 2.88. The molecule has 1 fully saturated rings. The summed E-state index contributed by atoms with van der Waals surface area (Å²) in [4.78, 5) is 12.4. The third kappa shape index (κ3) is 3.86. The van der Waals surface area contributed by atoms with Crippen molar-refractivity contribution in [3.8, 4) is 0 Å². The molecular formula is C20H27N3O. The van der Waals surface area contributed by atoms with Crippen molar-refractivity contribution < 1.29 is 4.79 Å². The summed E-state index contributed by atoms with van der Waals surface area (Å²) in [6.07, 6.45) is 5.72. The highest BCUT2D eigenvalue weighted by Gasteiger charge is 2.21. The predicted molar refractivity (Wildman–Crippen MR) is 95.7 cm³/mol. The first kappa shape index (κ1) is 16.7. The lowest BCUT2D eigenvalue weighted by molar-refractivity contribution is -0.126. The third-order valence-electron chi connectivity index (χ3n) is 5.12. The summed E-state index contributed by atoms with van der Waals surface area (Å²) in [5.41, 5.74) is 4.53. The minimum atomic E-state index is 0.207. The van der Waals surface area contributed by atoms with Gasteiger partial charge in [0, 0.05) is 23.7 Å². The van der Waals surface area contributed by atoms with Crippen LogP contribution in [0.1, 0.15) is 54.6 Å². The van der Waals surface area contributed by atoms with Crippen LogP contribution >= 0.6 is 0 Å². The van der Waals surface area contributed by atoms with Gasteiger partial charge < -0.3 is 5.32 Å². The van der Waals surface area contributed by atoms with Crippen LogP contribution in [0, 0.1) is 19.8 Å². The van der Waals surface area contributed by atoms with Crippen molar-refractivity contribution in [2.24, 2.45) is 5.92 Å². The van der Waals surface area contributed by atoms with E-state index in [1.165, 1.54) is 24.8 Å². The number of hydrogen-bond donors (Lipinski definition) is 1. The number of nitrogens with zero attached hydrogens (tertiary/aromatic N) is 2. The number of aryl methyl sites for hydroxylation is 1. The number of benzene rings is 1. The van der Waals surface area contributed by atoms with Crippen molar-refractivity contribution in [1.29, 1.82) is 0 Å². The number of nitrogens with one attached hydrogen (secondary N) is 1. The van der Waals surface area contributed by atoms with Crippen LogP contribution in [-0.2, 0) is 17.9 Å². The van der Waals surface area contributed by atoms with Crippen LogP contribution in [0.4, 0.5) is 0 Å². The second-order valence-electron chi connectivity index (χ2n) is 6.85. The Balaban J connectivity index is 1.64. The largest absolute Gasteiger partial charge is 0.352 e. The smallest absolute Gasteiger partial charge is 0.223 e. The van der Waals surface area contributed by atoms with Gasteiger partial charge in [-0.05, 0) is 32.3 Å². The molecule has 0 bridgehead atoms. The standard InChI is InChI=1S/C20H27N3O/c1-15-19(13-21-20(24)18-11-7-4-8-12-18)16(2)23(22-15)14-17-9-5-3-6-10-17/h3,5-6,9-10,18H,4,7-8,11-14H2,1-2H3,(H,21,24). The predicted octanol–water partition coefficient (Wildman–Crippen LogP) is 3.74. The molecule has 0 atom stereocenters. The highest BCUT2D eigenvalue weighted by molar-refractivity contribution is 5.78. The van der Waals surface area contributed by atoms with Crippen LogP contribution in [-0.4, -0.2) is 15.7 Å². The number of carbonyl (C=O) groups is 1. The average molecular weight is 325 g/mol. The van der Waals surface area contributed by atoms with Crippen molar-refractivity contribution in [3.63, 3.8) is 0 Å². The second-order valence-corrected chi connectivity index (χ2v) is 6.85. The highest BCUT2D eigenvalue weighted by Crippen LogP contribution is 2.24. The zero-order valence-electron chi connectivity index (χ0n) is 14.7. The van der Waals surface area contributed by atoms with Gasteiger partial charge in [0.05, 0.1) is 12.2 Å². The number of amides is 1. The number of hydrogen-bond acceptors (Lipinski definition) is 2. The van der Waals surface area contributed by atoms with E-state index in [1.807, 2.05) is 29.8 Å². The molecule has 0 aliphatic heterocycles. The Morgan fingerprint density at radius 3 is 2.58 bits per heavy atom. The summed E-state index contributed by atoms with van der Waals surface area (Å²) in [5.74, 6) is 0.419. The third-order valence-corrected chi connectivity index (χ3v) is 5.12. The molecule has 1 aromatic carbocycles. The van der Waals surface area contributed by atoms with Gasteiger partial charge in [0.25, 0.3) is 0 Å². The molecule has 0 unspecified atom stereocenters. The monoisotopic (exact) mass is 325 g/mol. The van der Waals surface area contributed by atoms with Crippen LogP contribution in [0.3, 0.4) is 0 Å². The van der Waals surface area contributed by atoms with E-state index < -0.39 is 0 Å². The van der Waals surface area contributed by atoms with E-state index in [9.17, 15) is 4.79 Å². The fourth-order valence-electron chi connectivity index (χ4n) is 3.58. The van der Waals surface area contributed by atoms with Gasteiger partial charge in [0.1, 0.15) is 0 Å². The topological polar surface area (TPSA) is 46.9 Å². The molecule has 2 aromatic rings. The lowest BCUT2D eigenvalue weighted by Gasteiger charge is -2.20. The summed E-state index contributed by atoms with van der Waals surface area (Å²) in [5, 5.41) is 7.80. The van der Waals surface area contributed by atoms with Gasteiger partial charge >= 0.3 is 0 Å². The minimum absolute atomic E-state index is 0.207. The lowest BCUT2D eigenvalue weighted by atomic mass is 9.88. The van der Waals surface area contributed by atoms with E-state index >= 15 is 0 Å². The Morgan fingerprint density at radius 2 is 1.88 bits per heavy atom. The van der Waals surface area contributed by atoms with Crippen molar-refractivity contribution in [2.45, 2.75) is 59.0 Å². The maximum Gasteiger partial charge on any atom is 0.223 e. The fraction of sp³-hybridized carbons (Fsp3) is 0.500. The molecule has 1 aliphatic carbocycles. The molecule has 1 amide bonds. The van der Waals surface area contributed by atoms with Crippen molar-refractivity contribution in [3.05, 3.63) is 52.8 Å². The zero-order valence-corrected chi connectivity index (χ0v) is 14.7. The summed E-state index contributed by atoms with van der Waals surface area (Å²) in [6, 6.07) is 10.3. The van der Waals surface area contributed by atoms with Gasteiger partial charge in [-0.2, -0.15) is 5.10 Å². The van der Waals surface area contributed by atoms with Crippen LogP contribution in [0.25, 0.3) is 0 Å². The SMILES string of the molecule is Cc1nn(Cc2ccccc2)c(C)c1CNC(=O)C1CCCCC1. The van der Waals surface area contributed by atoms with E-state index in [0.29, 0.717) is 6.54 Å². The van der Waals surface area contributed by atoms with E-state index in [4.69, 9.17) is 0 Å². The Bertz CT molecular complexity index is 684. The molecule has 4 nitrogen and oxygen atoms in total. The molecule has 128 valence electrons. The molecule has 1 N–H and O–H groups in total. The molecule has 1 heterocycles. The molecule has 3 rings (SSSR count). The van der Waals surface area contributed by atoms with Gasteiger partial charge in [-0.15, -0.1) is 0 Å². The molecular weight excluding hydrogens is 298 g/mol. The summed E-state index contributed by atoms with van der Waals surface area (Å²) in [6.45, 7) is 5.47. The molecule has 0 spiro atoms. The quantitative estimate of drug-likeness (QED) is 0.910. The Morgan fingerprint density at radius 1 is 1.17 bits per heavy atom. The van der Waals surface area contributed by atoms with Gasteiger partial charge in [-0.3, -0.25) is 9.48 Å². The molecule has 0 saturated heterocycles. The molecule has 24 heavy (non-hydrogen) atoms. The fourth-order valence-corrected chi connectivity index (χ4v) is 3.58. The number of aromatic nitrogens is 2. The van der Waals surface area contributed by atoms with Gasteiger partial charge in [-0.25, -0.2) is 0 Å². The molecule has 4 heteroatoms. The van der Waals surface area contributed by atoms with Gasteiger partial charge in [0.2, 0.25) is 5.91 Å². The van der Waals surface area contributed by atoms with Crippen LogP contribution in [0.2, 0.25) is 0 Å². The normalized spacial score (nSPS) is 15.4. The first-order chi connectivity index (χ1) is 11.6. The van der Waals surface area contributed by atoms with Crippen LogP contribution < -0.4 is 5.32 Å². The van der Waals surface area contributed by atoms with E-state index in [1.54, 1.807) is 0 Å². The summed E-state index contributed by atoms with van der Waals surface area (Å²) >= 11 is 0. The summed E-state index contributed by atoms with van der Waals surface area (Å²) < 4.78 is 2.03. The number of rotatable bonds is 5. The maximum atomic E-state index is 12.4. The molecule has 1 saturated carbocycles. The molecule has 1 aromatic heterocycles. The summed E-state index contributed by atoms with van der Waals surface area (Å²) in [7, 11) is 0. The Hall–Kier alpha value is -2.10. The Kier molecular flexibility index (Phi) is 5.34. The van der Waals surface area contributed by atoms with Gasteiger partial charge in [0.15, 0.2) is 0 Å². The molecule has 0 radical (unpaired) electrons. The highest BCUT2D eigenvalue weighted by atomic mass is 16.1. The first-order valence-corrected chi connectivity index (χ1v) is 8.99. The van der Waals surface area contributed by atoms with E-state index in [2.05, 4.69) is 29.5 Å². The zero-order chi connectivity index (χ0) is 16.9. The Labute approximate surface area is 144 Å². The lowest BCUT2D eigenvalue weighted by Crippen LogP contribution is -2.31. The maximum absolute atomic E-state index is 12.4. The van der Waals surface area contributed by atoms with Crippen LogP contribution in [0.15, 0.2) is 30.3 Å². The minimum Gasteiger partial charge on any atom is -0.352 e. The van der Waals surface area contributed by atoms with Crippen LogP contribution in [0.5, 0.6) is 0 Å². The van der Waals surface area contributed by atoms with Crippen molar-refractivity contribution in [1.82, 2.24) is 15.1 Å². The van der Waals surface area contributed by atoms with E-state index in [-0.39, 0.29) is 11.8 Å². The van der Waals surface area contributed by atoms with Gasteiger partial charge in [-0.1, -0.05) is 49.6 Å². The first-order valence-electron chi connectivity index (χ1n) is 8.99.